The molecule has 1 aliphatic heterocycles. The molecule has 1 aromatic carbocycles. The number of anilines is 1. The minimum Gasteiger partial charge on any atom is -0.505 e. The van der Waals surface area contributed by atoms with Gasteiger partial charge in [-0.2, -0.15) is 0 Å². The van der Waals surface area contributed by atoms with Crippen LogP contribution >= 0.6 is 0 Å². The van der Waals surface area contributed by atoms with Crippen molar-refractivity contribution < 1.29 is 38.8 Å². The number of amides is 1. The number of ether oxygens (including phenoxy) is 1. The van der Waals surface area contributed by atoms with E-state index in [1.165, 1.54) is 0 Å². The minimum absolute atomic E-state index is 0.0414. The Morgan fingerprint density at radius 1 is 1.40 bits per heavy atom. The summed E-state index contributed by atoms with van der Waals surface area (Å²) in [5.41, 5.74) is -1.56. The minimum atomic E-state index is -1.69. The van der Waals surface area contributed by atoms with Crippen molar-refractivity contribution >= 4 is 23.5 Å². The molecular formula is C15H15FN2O7. The van der Waals surface area contributed by atoms with E-state index in [2.05, 4.69) is 10.1 Å². The Morgan fingerprint density at radius 2 is 2.08 bits per heavy atom. The van der Waals surface area contributed by atoms with Crippen LogP contribution in [-0.2, 0) is 14.3 Å². The number of rotatable bonds is 6. The van der Waals surface area contributed by atoms with Crippen molar-refractivity contribution in [2.45, 2.75) is 0 Å². The summed E-state index contributed by atoms with van der Waals surface area (Å²) < 4.78 is 18.1. The number of carbonyl (C=O) groups excluding carboxylic acids is 2. The maximum absolute atomic E-state index is 13.5. The molecule has 134 valence electrons. The normalized spacial score (nSPS) is 14.0. The molecule has 0 spiro atoms. The number of methoxy groups -OCH3 is 1. The highest BCUT2D eigenvalue weighted by molar-refractivity contribution is 6.09. The van der Waals surface area contributed by atoms with Crippen LogP contribution in [0.4, 0.5) is 10.1 Å². The van der Waals surface area contributed by atoms with Crippen LogP contribution in [0.15, 0.2) is 23.4 Å². The summed E-state index contributed by atoms with van der Waals surface area (Å²) in [6.45, 7) is -0.513. The van der Waals surface area contributed by atoms with Gasteiger partial charge in [0.05, 0.1) is 31.5 Å². The third-order valence-corrected chi connectivity index (χ3v) is 3.55. The number of carboxylic acid groups (broad SMARTS) is 1. The second kappa shape index (κ2) is 7.18. The number of hydrogen-bond acceptors (Lipinski definition) is 7. The molecular weight excluding hydrogens is 339 g/mol. The molecule has 1 amide bonds. The summed E-state index contributed by atoms with van der Waals surface area (Å²) in [6.07, 6.45) is 0. The van der Waals surface area contributed by atoms with Crippen LogP contribution < -0.4 is 5.32 Å². The van der Waals surface area contributed by atoms with Gasteiger partial charge in [0.1, 0.15) is 17.1 Å². The molecule has 1 aliphatic rings. The van der Waals surface area contributed by atoms with Crippen LogP contribution in [0.2, 0.25) is 0 Å². The average molecular weight is 354 g/mol. The zero-order valence-electron chi connectivity index (χ0n) is 13.1. The Bertz CT molecular complexity index is 775. The van der Waals surface area contributed by atoms with Gasteiger partial charge in [0.2, 0.25) is 0 Å². The van der Waals surface area contributed by atoms with Crippen LogP contribution in [0.5, 0.6) is 5.75 Å². The molecule has 25 heavy (non-hydrogen) atoms. The van der Waals surface area contributed by atoms with Gasteiger partial charge in [-0.05, 0) is 12.1 Å². The quantitative estimate of drug-likeness (QED) is 0.411. The number of nitrogens with one attached hydrogen (secondary N) is 1. The average Bonchev–Trinajstić information content (AvgIpc) is 2.86. The van der Waals surface area contributed by atoms with Crippen molar-refractivity contribution in [1.29, 1.82) is 0 Å². The number of nitrogens with zero attached hydrogens (tertiary/aromatic N) is 1. The lowest BCUT2D eigenvalue weighted by molar-refractivity contribution is -0.136. The second-order valence-corrected chi connectivity index (χ2v) is 5.04. The Balaban J connectivity index is 2.45. The maximum Gasteiger partial charge on any atom is 0.342 e. The Hall–Kier alpha value is -3.14. The molecule has 0 saturated heterocycles. The molecule has 10 heteroatoms. The smallest absolute Gasteiger partial charge is 0.342 e. The molecule has 0 aliphatic carbocycles. The van der Waals surface area contributed by atoms with E-state index in [0.29, 0.717) is 0 Å². The Kier molecular flexibility index (Phi) is 5.22. The summed E-state index contributed by atoms with van der Waals surface area (Å²) in [5.74, 6) is -5.23. The number of aliphatic hydroxyl groups excluding tert-OH is 1. The van der Waals surface area contributed by atoms with Crippen molar-refractivity contribution in [3.05, 3.63) is 34.8 Å². The summed E-state index contributed by atoms with van der Waals surface area (Å²) in [6, 6.07) is 1.83. The molecule has 0 unspecified atom stereocenters. The van der Waals surface area contributed by atoms with E-state index in [4.69, 9.17) is 10.2 Å². The van der Waals surface area contributed by atoms with Crippen LogP contribution in [0.3, 0.4) is 0 Å². The molecule has 0 atom stereocenters. The largest absolute Gasteiger partial charge is 0.505 e. The monoisotopic (exact) mass is 354 g/mol. The number of hydrogen-bond donors (Lipinski definition) is 4. The highest BCUT2D eigenvalue weighted by Crippen LogP contribution is 2.32. The van der Waals surface area contributed by atoms with Gasteiger partial charge >= 0.3 is 11.9 Å². The van der Waals surface area contributed by atoms with E-state index < -0.39 is 35.0 Å². The predicted octanol–water partition coefficient (Wildman–Crippen LogP) is -0.0970. The van der Waals surface area contributed by atoms with Crippen molar-refractivity contribution in [3.63, 3.8) is 0 Å². The fourth-order valence-corrected chi connectivity index (χ4v) is 2.35. The van der Waals surface area contributed by atoms with Gasteiger partial charge in [0.15, 0.2) is 5.75 Å². The number of esters is 1. The highest BCUT2D eigenvalue weighted by atomic mass is 19.1. The van der Waals surface area contributed by atoms with E-state index in [0.717, 1.165) is 24.1 Å². The number of aromatic hydroxyl groups is 1. The zero-order chi connectivity index (χ0) is 18.7. The summed E-state index contributed by atoms with van der Waals surface area (Å²) in [5, 5.41) is 30.3. The summed E-state index contributed by atoms with van der Waals surface area (Å²) in [4.78, 5) is 36.4. The summed E-state index contributed by atoms with van der Waals surface area (Å²) >= 11 is 0. The molecule has 1 heterocycles. The number of halogens is 1. The first-order valence-electron chi connectivity index (χ1n) is 7.05. The zero-order valence-corrected chi connectivity index (χ0v) is 13.1. The van der Waals surface area contributed by atoms with Crippen LogP contribution in [0.1, 0.15) is 10.4 Å². The molecule has 0 saturated carbocycles. The number of aliphatic hydroxyl groups is 1. The number of carboxylic acids is 1. The molecule has 9 nitrogen and oxygen atoms in total. The molecule has 4 N–H and O–H groups in total. The van der Waals surface area contributed by atoms with Crippen molar-refractivity contribution in [3.8, 4) is 5.75 Å². The van der Waals surface area contributed by atoms with E-state index in [1.807, 2.05) is 0 Å². The molecule has 0 radical (unpaired) electrons. The van der Waals surface area contributed by atoms with Gasteiger partial charge < -0.3 is 30.3 Å². The molecule has 0 bridgehead atoms. The van der Waals surface area contributed by atoms with Gasteiger partial charge in [0, 0.05) is 6.54 Å². The standard InChI is InChI=1S/C15H15FN2O7/c1-25-15(24)7-6-18(4-5-19)13(21)11(7)17-9-3-2-8(16)10(12(9)20)14(22)23/h2-3,17,19-20H,4-6H2,1H3,(H,22,23). The molecule has 0 fully saturated rings. The molecule has 2 rings (SSSR count). The third kappa shape index (κ3) is 3.38. The van der Waals surface area contributed by atoms with Crippen LogP contribution in [0, 0.1) is 5.82 Å². The molecule has 0 aromatic heterocycles. The molecule has 1 aromatic rings. The van der Waals surface area contributed by atoms with Crippen molar-refractivity contribution in [2.24, 2.45) is 0 Å². The van der Waals surface area contributed by atoms with Crippen molar-refractivity contribution in [1.82, 2.24) is 4.90 Å². The van der Waals surface area contributed by atoms with Gasteiger partial charge in [-0.1, -0.05) is 0 Å². The first-order valence-corrected chi connectivity index (χ1v) is 7.05. The van der Waals surface area contributed by atoms with Gasteiger partial charge in [-0.15, -0.1) is 0 Å². The number of β-amino-alcohol motifs (C(OH)–C–C–N with tert-alkyl or cyclic N) is 1. The summed E-state index contributed by atoms with van der Waals surface area (Å²) in [7, 11) is 1.12. The van der Waals surface area contributed by atoms with Crippen LogP contribution in [-0.4, -0.2) is 64.9 Å². The number of aromatic carboxylic acids is 1. The van der Waals surface area contributed by atoms with Crippen LogP contribution in [0.25, 0.3) is 0 Å². The topological polar surface area (TPSA) is 136 Å². The first-order chi connectivity index (χ1) is 11.8. The first kappa shape index (κ1) is 18.2. The van der Waals surface area contributed by atoms with Gasteiger partial charge in [0.25, 0.3) is 5.91 Å². The van der Waals surface area contributed by atoms with Crippen molar-refractivity contribution in [2.75, 3.05) is 32.1 Å². The fraction of sp³-hybridized carbons (Fsp3) is 0.267. The Labute approximate surface area is 140 Å². The highest BCUT2D eigenvalue weighted by Gasteiger charge is 2.35. The predicted molar refractivity (Wildman–Crippen MR) is 81.4 cm³/mol. The lowest BCUT2D eigenvalue weighted by Gasteiger charge is -2.15. The lowest BCUT2D eigenvalue weighted by atomic mass is 10.1. The maximum atomic E-state index is 13.5. The number of benzene rings is 1. The van der Waals surface area contributed by atoms with Gasteiger partial charge in [-0.3, -0.25) is 4.79 Å². The van der Waals surface area contributed by atoms with E-state index >= 15 is 0 Å². The number of phenols is 1. The third-order valence-electron chi connectivity index (χ3n) is 3.55. The van der Waals surface area contributed by atoms with Gasteiger partial charge in [-0.25, -0.2) is 14.0 Å². The second-order valence-electron chi connectivity index (χ2n) is 5.04. The fourth-order valence-electron chi connectivity index (χ4n) is 2.35. The van der Waals surface area contributed by atoms with E-state index in [-0.39, 0.29) is 36.7 Å². The lowest BCUT2D eigenvalue weighted by Crippen LogP contribution is -2.31. The van der Waals surface area contributed by atoms with E-state index in [1.54, 1.807) is 0 Å². The van der Waals surface area contributed by atoms with E-state index in [9.17, 15) is 23.9 Å². The Morgan fingerprint density at radius 3 is 2.64 bits per heavy atom. The SMILES string of the molecule is COC(=O)C1=C(Nc2ccc(F)c(C(=O)O)c2O)C(=O)N(CCO)C1. The number of carbonyl (C=O) groups is 3.